The highest BCUT2D eigenvalue weighted by molar-refractivity contribution is 6.31. The average Bonchev–Trinajstić information content (AvgIpc) is 2.63. The Balaban J connectivity index is 1.87. The Bertz CT molecular complexity index is 997. The molecule has 1 aromatic heterocycles. The number of hydrogen-bond donors (Lipinski definition) is 2. The fourth-order valence-electron chi connectivity index (χ4n) is 2.39. The zero-order chi connectivity index (χ0) is 19.4. The summed E-state index contributed by atoms with van der Waals surface area (Å²) in [5.41, 5.74) is 1.28. The molecule has 1 heterocycles. The molecule has 0 aliphatic carbocycles. The van der Waals surface area contributed by atoms with Crippen LogP contribution in [0.1, 0.15) is 16.2 Å². The molecule has 8 heteroatoms. The number of methoxy groups -OCH3 is 1. The van der Waals surface area contributed by atoms with E-state index < -0.39 is 11.7 Å². The number of halogens is 2. The number of ether oxygens (including phenoxy) is 1. The molecule has 0 atom stereocenters. The van der Waals surface area contributed by atoms with Gasteiger partial charge in [0.25, 0.3) is 5.91 Å². The van der Waals surface area contributed by atoms with Crippen molar-refractivity contribution in [1.82, 2.24) is 9.97 Å². The topological polar surface area (TPSA) is 76.1 Å². The largest absolute Gasteiger partial charge is 0.495 e. The lowest BCUT2D eigenvalue weighted by molar-refractivity contribution is 0.102. The molecular formula is C19H16ClFN4O2. The Labute approximate surface area is 160 Å². The Morgan fingerprint density at radius 2 is 1.89 bits per heavy atom. The molecule has 0 saturated heterocycles. The summed E-state index contributed by atoms with van der Waals surface area (Å²) >= 11 is 6.02. The molecule has 2 aromatic carbocycles. The number of benzene rings is 2. The molecule has 0 saturated carbocycles. The van der Waals surface area contributed by atoms with Crippen molar-refractivity contribution in [3.8, 4) is 5.75 Å². The maximum Gasteiger partial charge on any atom is 0.274 e. The SMILES string of the molecule is COc1ccc(Cl)cc1Nc1nc(C)cc(C(=O)Nc2ccccc2F)n1. The molecule has 0 radical (unpaired) electrons. The maximum absolute atomic E-state index is 13.7. The van der Waals surface area contributed by atoms with Crippen LogP contribution >= 0.6 is 11.6 Å². The minimum atomic E-state index is -0.549. The quantitative estimate of drug-likeness (QED) is 0.671. The highest BCUT2D eigenvalue weighted by atomic mass is 35.5. The van der Waals surface area contributed by atoms with Crippen LogP contribution in [-0.4, -0.2) is 23.0 Å². The molecular weight excluding hydrogens is 371 g/mol. The summed E-state index contributed by atoms with van der Waals surface area (Å²) in [5, 5.41) is 5.99. The van der Waals surface area contributed by atoms with Gasteiger partial charge in [0.2, 0.25) is 5.95 Å². The first-order valence-electron chi connectivity index (χ1n) is 7.98. The number of nitrogens with one attached hydrogen (secondary N) is 2. The number of carbonyl (C=O) groups is 1. The summed E-state index contributed by atoms with van der Waals surface area (Å²) in [5.74, 6) is -0.346. The van der Waals surface area contributed by atoms with Crippen LogP contribution < -0.4 is 15.4 Å². The number of para-hydroxylation sites is 1. The first kappa shape index (κ1) is 18.6. The monoisotopic (exact) mass is 386 g/mol. The molecule has 3 aromatic rings. The van der Waals surface area contributed by atoms with Crippen LogP contribution in [0.3, 0.4) is 0 Å². The van der Waals surface area contributed by atoms with E-state index in [-0.39, 0.29) is 17.3 Å². The summed E-state index contributed by atoms with van der Waals surface area (Å²) in [4.78, 5) is 20.9. The number of aromatic nitrogens is 2. The molecule has 2 N–H and O–H groups in total. The highest BCUT2D eigenvalue weighted by Gasteiger charge is 2.14. The van der Waals surface area contributed by atoms with Crippen LogP contribution in [-0.2, 0) is 0 Å². The van der Waals surface area contributed by atoms with E-state index in [1.54, 1.807) is 37.3 Å². The molecule has 0 unspecified atom stereocenters. The molecule has 3 rings (SSSR count). The van der Waals surface area contributed by atoms with Gasteiger partial charge in [0.05, 0.1) is 18.5 Å². The third-order valence-corrected chi connectivity index (χ3v) is 3.85. The predicted molar refractivity (Wildman–Crippen MR) is 102 cm³/mol. The molecule has 6 nitrogen and oxygen atoms in total. The van der Waals surface area contributed by atoms with Gasteiger partial charge in [-0.25, -0.2) is 14.4 Å². The summed E-state index contributed by atoms with van der Waals surface area (Å²) in [6, 6.07) is 12.5. The number of amides is 1. The summed E-state index contributed by atoms with van der Waals surface area (Å²) in [6.07, 6.45) is 0. The number of anilines is 3. The average molecular weight is 387 g/mol. The zero-order valence-electron chi connectivity index (χ0n) is 14.6. The lowest BCUT2D eigenvalue weighted by atomic mass is 10.2. The van der Waals surface area contributed by atoms with Gasteiger partial charge in [0, 0.05) is 10.7 Å². The zero-order valence-corrected chi connectivity index (χ0v) is 15.3. The second-order valence-electron chi connectivity index (χ2n) is 5.62. The number of rotatable bonds is 5. The highest BCUT2D eigenvalue weighted by Crippen LogP contribution is 2.29. The molecule has 138 valence electrons. The van der Waals surface area contributed by atoms with Gasteiger partial charge in [-0.15, -0.1) is 0 Å². The maximum atomic E-state index is 13.7. The summed E-state index contributed by atoms with van der Waals surface area (Å²) < 4.78 is 19.0. The van der Waals surface area contributed by atoms with Crippen molar-refractivity contribution in [2.45, 2.75) is 6.92 Å². The minimum Gasteiger partial charge on any atom is -0.495 e. The van der Waals surface area contributed by atoms with Gasteiger partial charge >= 0.3 is 0 Å². The van der Waals surface area contributed by atoms with Crippen LogP contribution in [0, 0.1) is 12.7 Å². The molecule has 0 fully saturated rings. The lowest BCUT2D eigenvalue weighted by Gasteiger charge is -2.12. The first-order chi connectivity index (χ1) is 13.0. The fraction of sp³-hybridized carbons (Fsp3) is 0.105. The van der Waals surface area contributed by atoms with Gasteiger partial charge in [-0.3, -0.25) is 4.79 Å². The Kier molecular flexibility index (Phi) is 5.52. The van der Waals surface area contributed by atoms with Gasteiger partial charge < -0.3 is 15.4 Å². The van der Waals surface area contributed by atoms with Gasteiger partial charge in [-0.2, -0.15) is 0 Å². The number of nitrogens with zero attached hydrogens (tertiary/aromatic N) is 2. The third-order valence-electron chi connectivity index (χ3n) is 3.62. The van der Waals surface area contributed by atoms with E-state index in [1.165, 1.54) is 25.3 Å². The van der Waals surface area contributed by atoms with Crippen LogP contribution in [0.15, 0.2) is 48.5 Å². The van der Waals surface area contributed by atoms with Crippen LogP contribution in [0.2, 0.25) is 5.02 Å². The van der Waals surface area contributed by atoms with E-state index in [0.29, 0.717) is 22.2 Å². The number of carbonyl (C=O) groups excluding carboxylic acids is 1. The van der Waals surface area contributed by atoms with Gasteiger partial charge in [-0.05, 0) is 43.3 Å². The van der Waals surface area contributed by atoms with Crippen molar-refractivity contribution in [2.24, 2.45) is 0 Å². The van der Waals surface area contributed by atoms with E-state index in [2.05, 4.69) is 20.6 Å². The van der Waals surface area contributed by atoms with Crippen molar-refractivity contribution in [3.63, 3.8) is 0 Å². The summed E-state index contributed by atoms with van der Waals surface area (Å²) in [7, 11) is 1.53. The smallest absolute Gasteiger partial charge is 0.274 e. The van der Waals surface area contributed by atoms with E-state index >= 15 is 0 Å². The van der Waals surface area contributed by atoms with Crippen molar-refractivity contribution in [3.05, 3.63) is 70.8 Å². The Morgan fingerprint density at radius 3 is 2.63 bits per heavy atom. The number of hydrogen-bond acceptors (Lipinski definition) is 5. The lowest BCUT2D eigenvalue weighted by Crippen LogP contribution is -2.16. The van der Waals surface area contributed by atoms with Crippen molar-refractivity contribution in [2.75, 3.05) is 17.7 Å². The van der Waals surface area contributed by atoms with E-state index in [0.717, 1.165) is 0 Å². The van der Waals surface area contributed by atoms with E-state index in [4.69, 9.17) is 16.3 Å². The normalized spacial score (nSPS) is 10.4. The molecule has 0 aliphatic heterocycles. The second-order valence-corrected chi connectivity index (χ2v) is 6.06. The van der Waals surface area contributed by atoms with Crippen molar-refractivity contribution < 1.29 is 13.9 Å². The second kappa shape index (κ2) is 8.01. The van der Waals surface area contributed by atoms with E-state index in [9.17, 15) is 9.18 Å². The minimum absolute atomic E-state index is 0.0739. The molecule has 0 aliphatic rings. The number of aryl methyl sites for hydroxylation is 1. The Hall–Kier alpha value is -3.19. The molecule has 0 spiro atoms. The predicted octanol–water partition coefficient (Wildman–Crippen LogP) is 4.58. The van der Waals surface area contributed by atoms with Crippen molar-refractivity contribution >= 4 is 34.8 Å². The molecule has 27 heavy (non-hydrogen) atoms. The van der Waals surface area contributed by atoms with Gasteiger partial charge in [0.15, 0.2) is 0 Å². The van der Waals surface area contributed by atoms with Crippen LogP contribution in [0.4, 0.5) is 21.7 Å². The Morgan fingerprint density at radius 1 is 1.11 bits per heavy atom. The first-order valence-corrected chi connectivity index (χ1v) is 8.36. The van der Waals surface area contributed by atoms with Crippen molar-refractivity contribution in [1.29, 1.82) is 0 Å². The fourth-order valence-corrected chi connectivity index (χ4v) is 2.56. The molecule has 0 bridgehead atoms. The van der Waals surface area contributed by atoms with Crippen LogP contribution in [0.25, 0.3) is 0 Å². The van der Waals surface area contributed by atoms with Gasteiger partial charge in [-0.1, -0.05) is 23.7 Å². The van der Waals surface area contributed by atoms with Gasteiger partial charge in [0.1, 0.15) is 17.3 Å². The third kappa shape index (κ3) is 4.51. The van der Waals surface area contributed by atoms with E-state index in [1.807, 2.05) is 0 Å². The standard InChI is InChI=1S/C19H16ClFN4O2/c1-11-9-16(18(26)23-14-6-4-3-5-13(14)21)25-19(22-11)24-15-10-12(20)7-8-17(15)27-2/h3-10H,1-2H3,(H,23,26)(H,22,24,25). The summed E-state index contributed by atoms with van der Waals surface area (Å²) in [6.45, 7) is 1.72. The van der Waals surface area contributed by atoms with Crippen LogP contribution in [0.5, 0.6) is 5.75 Å². The molecule has 1 amide bonds.